The van der Waals surface area contributed by atoms with Crippen LogP contribution >= 0.6 is 11.3 Å². The van der Waals surface area contributed by atoms with Crippen molar-refractivity contribution in [3.8, 4) is 10.7 Å². The molecule has 1 aliphatic heterocycles. The van der Waals surface area contributed by atoms with Gasteiger partial charge >= 0.3 is 0 Å². The number of thiophene rings is 1. The van der Waals surface area contributed by atoms with Crippen molar-refractivity contribution >= 4 is 17.2 Å². The van der Waals surface area contributed by atoms with E-state index in [1.165, 1.54) is 0 Å². The maximum atomic E-state index is 12.4. The molecule has 0 aromatic carbocycles. The summed E-state index contributed by atoms with van der Waals surface area (Å²) in [6.45, 7) is 7.69. The molecule has 0 unspecified atom stereocenters. The highest BCUT2D eigenvalue weighted by Gasteiger charge is 2.23. The summed E-state index contributed by atoms with van der Waals surface area (Å²) >= 11 is 1.60. The molecule has 0 saturated carbocycles. The summed E-state index contributed by atoms with van der Waals surface area (Å²) in [6, 6.07) is 3.96. The van der Waals surface area contributed by atoms with Gasteiger partial charge in [0.1, 0.15) is 0 Å². The Morgan fingerprint density at radius 2 is 2.17 bits per heavy atom. The Morgan fingerprint density at radius 1 is 1.38 bits per heavy atom. The Hall–Kier alpha value is -1.99. The van der Waals surface area contributed by atoms with Gasteiger partial charge in [-0.05, 0) is 24.8 Å². The minimum atomic E-state index is 0.164. The monoisotopic (exact) mass is 346 g/mol. The molecule has 128 valence electrons. The minimum Gasteiger partial charge on any atom is -0.338 e. The molecule has 0 bridgehead atoms. The second kappa shape index (κ2) is 7.72. The summed E-state index contributed by atoms with van der Waals surface area (Å²) in [6.07, 6.45) is 2.70. The van der Waals surface area contributed by atoms with Gasteiger partial charge in [-0.15, -0.1) is 11.3 Å². The summed E-state index contributed by atoms with van der Waals surface area (Å²) < 4.78 is 5.35. The van der Waals surface area contributed by atoms with E-state index >= 15 is 0 Å². The molecule has 0 aliphatic carbocycles. The first-order valence-electron chi connectivity index (χ1n) is 8.24. The molecule has 2 aromatic rings. The molecule has 3 rings (SSSR count). The van der Waals surface area contributed by atoms with Gasteiger partial charge in [-0.3, -0.25) is 9.69 Å². The van der Waals surface area contributed by atoms with Crippen molar-refractivity contribution in [3.63, 3.8) is 0 Å². The smallest absolute Gasteiger partial charge is 0.249 e. The standard InChI is InChI=1S/C17H22N4O2S/c1-3-13(4-2)17(22)21-9-7-20(8-10-21)12-15-18-16(19-23-15)14-6-5-11-24-14/h3,5-6,11H,4,7-10,12H2,1-2H3. The summed E-state index contributed by atoms with van der Waals surface area (Å²) in [4.78, 5) is 22.0. The van der Waals surface area contributed by atoms with Crippen LogP contribution in [0.4, 0.5) is 0 Å². The molecule has 0 radical (unpaired) electrons. The summed E-state index contributed by atoms with van der Waals surface area (Å²) in [5.41, 5.74) is 0.890. The van der Waals surface area contributed by atoms with Crippen LogP contribution in [0.1, 0.15) is 26.2 Å². The summed E-state index contributed by atoms with van der Waals surface area (Å²) in [7, 11) is 0. The van der Waals surface area contributed by atoms with Crippen LogP contribution in [0.2, 0.25) is 0 Å². The van der Waals surface area contributed by atoms with Crippen molar-refractivity contribution in [1.82, 2.24) is 19.9 Å². The van der Waals surface area contributed by atoms with Gasteiger partial charge in [-0.1, -0.05) is 24.2 Å². The maximum Gasteiger partial charge on any atom is 0.249 e. The van der Waals surface area contributed by atoms with Crippen molar-refractivity contribution in [2.24, 2.45) is 0 Å². The number of hydrogen-bond acceptors (Lipinski definition) is 6. The van der Waals surface area contributed by atoms with Crippen LogP contribution in [0.3, 0.4) is 0 Å². The second-order valence-corrected chi connectivity index (χ2v) is 6.67. The number of allylic oxidation sites excluding steroid dienone is 1. The first kappa shape index (κ1) is 16.9. The highest BCUT2D eigenvalue weighted by Crippen LogP contribution is 2.21. The number of nitrogens with zero attached hydrogens (tertiary/aromatic N) is 4. The zero-order chi connectivity index (χ0) is 16.9. The molecule has 7 heteroatoms. The minimum absolute atomic E-state index is 0.164. The van der Waals surface area contributed by atoms with E-state index in [0.717, 1.165) is 43.1 Å². The van der Waals surface area contributed by atoms with Gasteiger partial charge in [-0.2, -0.15) is 4.98 Å². The molecule has 2 aromatic heterocycles. The van der Waals surface area contributed by atoms with Crippen LogP contribution in [-0.2, 0) is 11.3 Å². The number of amides is 1. The zero-order valence-corrected chi connectivity index (χ0v) is 14.9. The Morgan fingerprint density at radius 3 is 2.79 bits per heavy atom. The fourth-order valence-electron chi connectivity index (χ4n) is 2.81. The number of rotatable bonds is 5. The average molecular weight is 346 g/mol. The molecule has 24 heavy (non-hydrogen) atoms. The average Bonchev–Trinajstić information content (AvgIpc) is 3.28. The van der Waals surface area contributed by atoms with Crippen LogP contribution in [0, 0.1) is 0 Å². The molecule has 1 fully saturated rings. The van der Waals surface area contributed by atoms with Gasteiger partial charge in [0.05, 0.1) is 11.4 Å². The molecule has 0 spiro atoms. The zero-order valence-electron chi connectivity index (χ0n) is 14.1. The summed E-state index contributed by atoms with van der Waals surface area (Å²) in [5.74, 6) is 1.44. The topological polar surface area (TPSA) is 62.5 Å². The highest BCUT2D eigenvalue weighted by molar-refractivity contribution is 7.13. The van der Waals surface area contributed by atoms with Crippen LogP contribution < -0.4 is 0 Å². The fourth-order valence-corrected chi connectivity index (χ4v) is 3.46. The molecule has 0 atom stereocenters. The number of aromatic nitrogens is 2. The van der Waals surface area contributed by atoms with E-state index in [4.69, 9.17) is 4.52 Å². The van der Waals surface area contributed by atoms with Gasteiger partial charge in [0, 0.05) is 31.8 Å². The molecule has 6 nitrogen and oxygen atoms in total. The van der Waals surface area contributed by atoms with E-state index in [9.17, 15) is 4.79 Å². The Balaban J connectivity index is 1.53. The van der Waals surface area contributed by atoms with Gasteiger partial charge in [0.2, 0.25) is 17.6 Å². The molecule has 1 aliphatic rings. The highest BCUT2D eigenvalue weighted by atomic mass is 32.1. The van der Waals surface area contributed by atoms with Gasteiger partial charge in [-0.25, -0.2) is 0 Å². The lowest BCUT2D eigenvalue weighted by Gasteiger charge is -2.34. The van der Waals surface area contributed by atoms with Crippen molar-refractivity contribution in [1.29, 1.82) is 0 Å². The normalized spacial score (nSPS) is 16.6. The molecule has 0 N–H and O–H groups in total. The van der Waals surface area contributed by atoms with Crippen molar-refractivity contribution in [3.05, 3.63) is 35.1 Å². The second-order valence-electron chi connectivity index (χ2n) is 5.72. The van der Waals surface area contributed by atoms with E-state index in [1.807, 2.05) is 42.3 Å². The van der Waals surface area contributed by atoms with E-state index in [1.54, 1.807) is 11.3 Å². The predicted molar refractivity (Wildman–Crippen MR) is 93.5 cm³/mol. The molecular formula is C17H22N4O2S. The first-order valence-corrected chi connectivity index (χ1v) is 9.12. The third-order valence-electron chi connectivity index (χ3n) is 4.23. The third-order valence-corrected chi connectivity index (χ3v) is 5.10. The SMILES string of the molecule is CC=C(CC)C(=O)N1CCN(Cc2nc(-c3cccs3)no2)CC1. The molecular weight excluding hydrogens is 324 g/mol. The molecule has 3 heterocycles. The number of carbonyl (C=O) groups is 1. The van der Waals surface area contributed by atoms with E-state index in [2.05, 4.69) is 15.0 Å². The Bertz CT molecular complexity index is 700. The van der Waals surface area contributed by atoms with E-state index in [0.29, 0.717) is 18.3 Å². The Kier molecular flexibility index (Phi) is 5.42. The van der Waals surface area contributed by atoms with E-state index < -0.39 is 0 Å². The van der Waals surface area contributed by atoms with Crippen LogP contribution in [0.15, 0.2) is 33.7 Å². The number of hydrogen-bond donors (Lipinski definition) is 0. The lowest BCUT2D eigenvalue weighted by Crippen LogP contribution is -2.48. The number of piperazine rings is 1. The van der Waals surface area contributed by atoms with Crippen LogP contribution in [0.25, 0.3) is 10.7 Å². The van der Waals surface area contributed by atoms with Crippen molar-refractivity contribution < 1.29 is 9.32 Å². The van der Waals surface area contributed by atoms with Crippen molar-refractivity contribution in [2.75, 3.05) is 26.2 Å². The van der Waals surface area contributed by atoms with Gasteiger partial charge in [0.25, 0.3) is 0 Å². The van der Waals surface area contributed by atoms with Gasteiger partial charge < -0.3 is 9.42 Å². The third kappa shape index (κ3) is 3.73. The lowest BCUT2D eigenvalue weighted by atomic mass is 10.1. The quantitative estimate of drug-likeness (QED) is 0.779. The molecule has 1 amide bonds. The summed E-state index contributed by atoms with van der Waals surface area (Å²) in [5, 5.41) is 6.04. The first-order chi connectivity index (χ1) is 11.7. The lowest BCUT2D eigenvalue weighted by molar-refractivity contribution is -0.129. The molecule has 1 saturated heterocycles. The van der Waals surface area contributed by atoms with Crippen molar-refractivity contribution in [2.45, 2.75) is 26.8 Å². The fraction of sp³-hybridized carbons (Fsp3) is 0.471. The van der Waals surface area contributed by atoms with Crippen LogP contribution in [0.5, 0.6) is 0 Å². The largest absolute Gasteiger partial charge is 0.338 e. The van der Waals surface area contributed by atoms with E-state index in [-0.39, 0.29) is 5.91 Å². The van der Waals surface area contributed by atoms with Crippen LogP contribution in [-0.4, -0.2) is 52.0 Å². The maximum absolute atomic E-state index is 12.4. The number of carbonyl (C=O) groups excluding carboxylic acids is 1. The van der Waals surface area contributed by atoms with Gasteiger partial charge in [0.15, 0.2) is 0 Å². The Labute approximate surface area is 145 Å². The predicted octanol–water partition coefficient (Wildman–Crippen LogP) is 2.80.